The molecule has 0 saturated carbocycles. The SMILES string of the molecule is Cc1ccc(C2=NO[C@H](CN(C)C(=O)c3ccco3)C2)cc1. The van der Waals surface area contributed by atoms with Crippen LogP contribution in [0.15, 0.2) is 52.2 Å². The number of hydrogen-bond donors (Lipinski definition) is 0. The third kappa shape index (κ3) is 3.03. The van der Waals surface area contributed by atoms with Gasteiger partial charge in [-0.3, -0.25) is 4.79 Å². The van der Waals surface area contributed by atoms with E-state index in [1.807, 2.05) is 12.1 Å². The molecular weight excluding hydrogens is 280 g/mol. The zero-order valence-corrected chi connectivity index (χ0v) is 12.7. The van der Waals surface area contributed by atoms with Crippen LogP contribution in [-0.4, -0.2) is 36.2 Å². The van der Waals surface area contributed by atoms with Gasteiger partial charge < -0.3 is 14.2 Å². The second kappa shape index (κ2) is 6.05. The molecule has 0 unspecified atom stereocenters. The lowest BCUT2D eigenvalue weighted by Crippen LogP contribution is -2.34. The molecule has 0 fully saturated rings. The fourth-order valence-electron chi connectivity index (χ4n) is 2.42. The molecule has 1 aromatic carbocycles. The maximum Gasteiger partial charge on any atom is 0.289 e. The highest BCUT2D eigenvalue weighted by atomic mass is 16.6. The van der Waals surface area contributed by atoms with Gasteiger partial charge in [-0.05, 0) is 24.6 Å². The van der Waals surface area contributed by atoms with Gasteiger partial charge in [0.05, 0.1) is 18.5 Å². The summed E-state index contributed by atoms with van der Waals surface area (Å²) in [5, 5.41) is 4.15. The normalized spacial score (nSPS) is 17.0. The predicted molar refractivity (Wildman–Crippen MR) is 82.9 cm³/mol. The van der Waals surface area contributed by atoms with E-state index in [0.717, 1.165) is 11.3 Å². The Kier molecular flexibility index (Phi) is 3.96. The van der Waals surface area contributed by atoms with E-state index >= 15 is 0 Å². The summed E-state index contributed by atoms with van der Waals surface area (Å²) in [6.07, 6.45) is 2.06. The Balaban J connectivity index is 1.58. The topological polar surface area (TPSA) is 55.0 Å². The lowest BCUT2D eigenvalue weighted by molar-refractivity contribution is 0.0464. The molecule has 1 aromatic heterocycles. The quantitative estimate of drug-likeness (QED) is 0.872. The van der Waals surface area contributed by atoms with Crippen molar-refractivity contribution in [1.82, 2.24) is 4.90 Å². The molecular formula is C17H18N2O3. The number of likely N-dealkylation sites (N-methyl/N-ethyl adjacent to an activating group) is 1. The number of rotatable bonds is 4. The van der Waals surface area contributed by atoms with Crippen molar-refractivity contribution in [2.75, 3.05) is 13.6 Å². The Morgan fingerprint density at radius 3 is 2.77 bits per heavy atom. The van der Waals surface area contributed by atoms with E-state index in [4.69, 9.17) is 9.25 Å². The minimum atomic E-state index is -0.155. The second-order valence-corrected chi connectivity index (χ2v) is 5.50. The number of nitrogens with zero attached hydrogens (tertiary/aromatic N) is 2. The molecule has 1 aliphatic heterocycles. The number of hydrogen-bond acceptors (Lipinski definition) is 4. The maximum atomic E-state index is 12.1. The fourth-order valence-corrected chi connectivity index (χ4v) is 2.42. The molecule has 22 heavy (non-hydrogen) atoms. The summed E-state index contributed by atoms with van der Waals surface area (Å²) in [7, 11) is 1.73. The largest absolute Gasteiger partial charge is 0.459 e. The number of carbonyl (C=O) groups excluding carboxylic acids is 1. The highest BCUT2D eigenvalue weighted by Gasteiger charge is 2.26. The molecule has 0 spiro atoms. The highest BCUT2D eigenvalue weighted by molar-refractivity contribution is 6.01. The van der Waals surface area contributed by atoms with Crippen LogP contribution in [0.25, 0.3) is 0 Å². The van der Waals surface area contributed by atoms with E-state index in [1.54, 1.807) is 24.1 Å². The van der Waals surface area contributed by atoms with Crippen molar-refractivity contribution in [3.8, 4) is 0 Å². The van der Waals surface area contributed by atoms with Crippen LogP contribution in [0.3, 0.4) is 0 Å². The van der Waals surface area contributed by atoms with Crippen LogP contribution >= 0.6 is 0 Å². The smallest absolute Gasteiger partial charge is 0.289 e. The van der Waals surface area contributed by atoms with Crippen LogP contribution < -0.4 is 0 Å². The maximum absolute atomic E-state index is 12.1. The summed E-state index contributed by atoms with van der Waals surface area (Å²) >= 11 is 0. The van der Waals surface area contributed by atoms with Gasteiger partial charge in [0.25, 0.3) is 5.91 Å². The first-order valence-electron chi connectivity index (χ1n) is 7.22. The van der Waals surface area contributed by atoms with Gasteiger partial charge in [-0.2, -0.15) is 0 Å². The second-order valence-electron chi connectivity index (χ2n) is 5.50. The summed E-state index contributed by atoms with van der Waals surface area (Å²) in [6, 6.07) is 11.5. The van der Waals surface area contributed by atoms with Gasteiger partial charge >= 0.3 is 0 Å². The molecule has 1 amide bonds. The molecule has 2 aromatic rings. The molecule has 0 aliphatic carbocycles. The molecule has 5 nitrogen and oxygen atoms in total. The summed E-state index contributed by atoms with van der Waals surface area (Å²) in [4.78, 5) is 19.2. The molecule has 1 atom stereocenters. The molecule has 0 saturated heterocycles. The van der Waals surface area contributed by atoms with E-state index in [9.17, 15) is 4.79 Å². The Morgan fingerprint density at radius 2 is 2.09 bits per heavy atom. The lowest BCUT2D eigenvalue weighted by Gasteiger charge is -2.18. The van der Waals surface area contributed by atoms with E-state index in [-0.39, 0.29) is 12.0 Å². The van der Waals surface area contributed by atoms with Crippen LogP contribution in [0.4, 0.5) is 0 Å². The third-order valence-electron chi connectivity index (χ3n) is 3.67. The molecule has 114 valence electrons. The monoisotopic (exact) mass is 298 g/mol. The van der Waals surface area contributed by atoms with Crippen molar-refractivity contribution in [1.29, 1.82) is 0 Å². The van der Waals surface area contributed by atoms with Crippen LogP contribution in [0.1, 0.15) is 28.1 Å². The van der Waals surface area contributed by atoms with E-state index in [1.165, 1.54) is 11.8 Å². The standard InChI is InChI=1S/C17H18N2O3/c1-12-5-7-13(8-6-12)15-10-14(22-18-15)11-19(2)17(20)16-4-3-9-21-16/h3-9,14H,10-11H2,1-2H3/t14-/m0/s1. The number of oxime groups is 1. The summed E-state index contributed by atoms with van der Waals surface area (Å²) in [5.41, 5.74) is 3.19. The zero-order chi connectivity index (χ0) is 15.5. The first-order valence-corrected chi connectivity index (χ1v) is 7.22. The van der Waals surface area contributed by atoms with Crippen molar-refractivity contribution in [2.45, 2.75) is 19.4 Å². The predicted octanol–water partition coefficient (Wildman–Crippen LogP) is 2.85. The zero-order valence-electron chi connectivity index (χ0n) is 12.7. The Morgan fingerprint density at radius 1 is 1.32 bits per heavy atom. The van der Waals surface area contributed by atoms with Crippen molar-refractivity contribution in [3.05, 3.63) is 59.5 Å². The first kappa shape index (κ1) is 14.4. The summed E-state index contributed by atoms with van der Waals surface area (Å²) < 4.78 is 5.12. The first-order chi connectivity index (χ1) is 10.6. The summed E-state index contributed by atoms with van der Waals surface area (Å²) in [5.74, 6) is 0.178. The highest BCUT2D eigenvalue weighted by Crippen LogP contribution is 2.18. The van der Waals surface area contributed by atoms with Gasteiger partial charge in [0.2, 0.25) is 0 Å². The van der Waals surface area contributed by atoms with Crippen molar-refractivity contribution in [3.63, 3.8) is 0 Å². The average Bonchev–Trinajstić information content (AvgIpc) is 3.18. The number of furan rings is 1. The van der Waals surface area contributed by atoms with E-state index < -0.39 is 0 Å². The van der Waals surface area contributed by atoms with Crippen LogP contribution in [0, 0.1) is 6.92 Å². The summed E-state index contributed by atoms with van der Waals surface area (Å²) in [6.45, 7) is 2.52. The third-order valence-corrected chi connectivity index (χ3v) is 3.67. The molecule has 0 N–H and O–H groups in total. The molecule has 3 rings (SSSR count). The lowest BCUT2D eigenvalue weighted by atomic mass is 10.0. The Hall–Kier alpha value is -2.56. The minimum Gasteiger partial charge on any atom is -0.459 e. The van der Waals surface area contributed by atoms with Gasteiger partial charge in [-0.1, -0.05) is 35.0 Å². The van der Waals surface area contributed by atoms with Crippen molar-refractivity contribution < 1.29 is 14.0 Å². The number of amides is 1. The average molecular weight is 298 g/mol. The molecule has 5 heteroatoms. The van der Waals surface area contributed by atoms with Gasteiger partial charge in [0, 0.05) is 13.5 Å². The van der Waals surface area contributed by atoms with Gasteiger partial charge in [0.15, 0.2) is 11.9 Å². The number of benzene rings is 1. The van der Waals surface area contributed by atoms with Crippen LogP contribution in [-0.2, 0) is 4.84 Å². The van der Waals surface area contributed by atoms with Crippen molar-refractivity contribution >= 4 is 11.6 Å². The minimum absolute atomic E-state index is 0.125. The Bertz CT molecular complexity index is 674. The molecule has 0 radical (unpaired) electrons. The molecule has 2 heterocycles. The van der Waals surface area contributed by atoms with Gasteiger partial charge in [-0.25, -0.2) is 0 Å². The Labute approximate surface area is 129 Å². The fraction of sp³-hybridized carbons (Fsp3) is 0.294. The van der Waals surface area contributed by atoms with Crippen LogP contribution in [0.2, 0.25) is 0 Å². The molecule has 1 aliphatic rings. The molecule has 0 bridgehead atoms. The van der Waals surface area contributed by atoms with Gasteiger partial charge in [0.1, 0.15) is 0 Å². The number of aryl methyl sites for hydroxylation is 1. The number of carbonyl (C=O) groups is 1. The van der Waals surface area contributed by atoms with Crippen molar-refractivity contribution in [2.24, 2.45) is 5.16 Å². The van der Waals surface area contributed by atoms with Gasteiger partial charge in [-0.15, -0.1) is 0 Å². The van der Waals surface area contributed by atoms with Crippen LogP contribution in [0.5, 0.6) is 0 Å². The van der Waals surface area contributed by atoms with E-state index in [0.29, 0.717) is 18.7 Å². The van der Waals surface area contributed by atoms with E-state index in [2.05, 4.69) is 24.2 Å².